The van der Waals surface area contributed by atoms with Crippen molar-refractivity contribution >= 4 is 5.97 Å². The summed E-state index contributed by atoms with van der Waals surface area (Å²) in [6, 6.07) is 18.0. The molecule has 1 heterocycles. The van der Waals surface area contributed by atoms with E-state index in [1.165, 1.54) is 0 Å². The summed E-state index contributed by atoms with van der Waals surface area (Å²) in [6.07, 6.45) is 1.94. The van der Waals surface area contributed by atoms with E-state index in [1.54, 1.807) is 13.8 Å². The molecular weight excluding hydrogens is 520 g/mol. The highest BCUT2D eigenvalue weighted by atomic mass is 16.5. The van der Waals surface area contributed by atoms with Gasteiger partial charge in [0.25, 0.3) is 0 Å². The number of rotatable bonds is 9. The van der Waals surface area contributed by atoms with Gasteiger partial charge in [-0.2, -0.15) is 0 Å². The molecule has 0 spiro atoms. The molecule has 7 nitrogen and oxygen atoms in total. The molecule has 0 amide bonds. The highest BCUT2D eigenvalue weighted by Crippen LogP contribution is 2.41. The average molecular weight is 561 g/mol. The van der Waals surface area contributed by atoms with E-state index in [1.807, 2.05) is 30.3 Å². The lowest BCUT2D eigenvalue weighted by Gasteiger charge is -2.45. The summed E-state index contributed by atoms with van der Waals surface area (Å²) in [4.78, 5) is 11.1. The second kappa shape index (κ2) is 11.4. The normalized spacial score (nSPS) is 25.3. The van der Waals surface area contributed by atoms with Crippen molar-refractivity contribution < 1.29 is 34.3 Å². The highest BCUT2D eigenvalue weighted by molar-refractivity contribution is 5.72. The first-order valence-corrected chi connectivity index (χ1v) is 14.3. The van der Waals surface area contributed by atoms with Crippen LogP contribution in [0.5, 0.6) is 17.2 Å². The molecule has 41 heavy (non-hydrogen) atoms. The van der Waals surface area contributed by atoms with Crippen LogP contribution in [0.4, 0.5) is 0 Å². The summed E-state index contributed by atoms with van der Waals surface area (Å²) < 4.78 is 18.0. The minimum atomic E-state index is -1.12. The molecule has 3 aromatic rings. The number of ether oxygens (including phenoxy) is 3. The maximum atomic E-state index is 11.1. The lowest BCUT2D eigenvalue weighted by molar-refractivity contribution is -0.167. The Labute approximate surface area is 241 Å². The predicted molar refractivity (Wildman–Crippen MR) is 157 cm³/mol. The summed E-state index contributed by atoms with van der Waals surface area (Å²) in [5.74, 6) is 1.41. The van der Waals surface area contributed by atoms with Crippen molar-refractivity contribution in [2.45, 2.75) is 77.1 Å². The van der Waals surface area contributed by atoms with Crippen LogP contribution < -0.4 is 14.2 Å². The summed E-state index contributed by atoms with van der Waals surface area (Å²) >= 11 is 0. The van der Waals surface area contributed by atoms with Crippen LogP contribution >= 0.6 is 0 Å². The minimum Gasteiger partial charge on any atom is -0.493 e. The van der Waals surface area contributed by atoms with E-state index in [2.05, 4.69) is 38.1 Å². The zero-order valence-electron chi connectivity index (χ0n) is 24.3. The maximum absolute atomic E-state index is 11.1. The fourth-order valence-corrected chi connectivity index (χ4v) is 6.17. The third kappa shape index (κ3) is 6.36. The Kier molecular flexibility index (Phi) is 8.04. The van der Waals surface area contributed by atoms with Crippen LogP contribution in [0.3, 0.4) is 0 Å². The van der Waals surface area contributed by atoms with E-state index in [-0.39, 0.29) is 18.3 Å². The summed E-state index contributed by atoms with van der Waals surface area (Å²) in [6.45, 7) is 8.86. The zero-order valence-corrected chi connectivity index (χ0v) is 24.3. The van der Waals surface area contributed by atoms with Gasteiger partial charge in [-0.15, -0.1) is 0 Å². The molecule has 0 bridgehead atoms. The number of aliphatic carboxylic acids is 1. The van der Waals surface area contributed by atoms with E-state index < -0.39 is 17.2 Å². The molecule has 7 heteroatoms. The van der Waals surface area contributed by atoms with Crippen LogP contribution in [0.15, 0.2) is 54.6 Å². The largest absolute Gasteiger partial charge is 0.493 e. The Bertz CT molecular complexity index is 1400. The quantitative estimate of drug-likeness (QED) is 0.287. The number of carbonyl (C=O) groups is 1. The maximum Gasteiger partial charge on any atom is 0.304 e. The van der Waals surface area contributed by atoms with Crippen LogP contribution in [-0.4, -0.2) is 45.7 Å². The number of fused-ring (bicyclic) bond motifs is 1. The second-order valence-electron chi connectivity index (χ2n) is 12.2. The lowest BCUT2D eigenvalue weighted by atomic mass is 9.70. The summed E-state index contributed by atoms with van der Waals surface area (Å²) in [7, 11) is 0. The first kappa shape index (κ1) is 29.0. The molecule has 3 aromatic carbocycles. The van der Waals surface area contributed by atoms with Gasteiger partial charge in [0.05, 0.1) is 30.8 Å². The number of aryl methyl sites for hydroxylation is 2. The molecular formula is C34H40O7. The topological polar surface area (TPSA) is 105 Å². The molecule has 5 rings (SSSR count). The van der Waals surface area contributed by atoms with Crippen LogP contribution in [0.25, 0.3) is 11.1 Å². The third-order valence-corrected chi connectivity index (χ3v) is 8.78. The number of carboxylic acids is 1. The van der Waals surface area contributed by atoms with Crippen LogP contribution in [0.1, 0.15) is 67.7 Å². The zero-order chi connectivity index (χ0) is 29.4. The molecule has 4 atom stereocenters. The van der Waals surface area contributed by atoms with E-state index in [4.69, 9.17) is 19.3 Å². The van der Waals surface area contributed by atoms with Crippen molar-refractivity contribution in [1.82, 2.24) is 0 Å². The SMILES string of the molecule is Cc1cc(OC[C@H]2CC[C@@](C)(O)[C@@](C)(O)C2)cc(C)c1-c1cccc(COc2ccc3c(c2)OCC3CC(=O)O)c1. The van der Waals surface area contributed by atoms with Gasteiger partial charge >= 0.3 is 5.97 Å². The van der Waals surface area contributed by atoms with Crippen molar-refractivity contribution in [2.75, 3.05) is 13.2 Å². The van der Waals surface area contributed by atoms with Gasteiger partial charge in [-0.3, -0.25) is 4.79 Å². The number of aliphatic hydroxyl groups is 2. The number of carboxylic acid groups (broad SMARTS) is 1. The van der Waals surface area contributed by atoms with Gasteiger partial charge in [-0.05, 0) is 105 Å². The van der Waals surface area contributed by atoms with Crippen molar-refractivity contribution in [3.63, 3.8) is 0 Å². The molecule has 0 aromatic heterocycles. The molecule has 1 aliphatic heterocycles. The molecule has 0 radical (unpaired) electrons. The lowest BCUT2D eigenvalue weighted by Crippen LogP contribution is -2.54. The van der Waals surface area contributed by atoms with Gasteiger partial charge in [-0.1, -0.05) is 24.3 Å². The van der Waals surface area contributed by atoms with Gasteiger partial charge < -0.3 is 29.5 Å². The van der Waals surface area contributed by atoms with Crippen molar-refractivity contribution in [1.29, 1.82) is 0 Å². The molecule has 1 unspecified atom stereocenters. The third-order valence-electron chi connectivity index (χ3n) is 8.78. The van der Waals surface area contributed by atoms with Crippen LogP contribution in [0, 0.1) is 19.8 Å². The number of hydrogen-bond donors (Lipinski definition) is 3. The Morgan fingerprint density at radius 3 is 2.44 bits per heavy atom. The van der Waals surface area contributed by atoms with E-state index >= 15 is 0 Å². The standard InChI is InChI=1S/C34H40O7/c1-21-12-28(40-19-24-10-11-33(3,37)34(4,38)17-24)13-22(2)32(21)25-7-5-6-23(14-25)18-39-27-8-9-29-26(15-31(35)36)20-41-30(29)16-27/h5-9,12-14,16,24,26,37-38H,10-11,15,17-20H2,1-4H3,(H,35,36)/t24-,26?,33+,34-/m0/s1. The first-order valence-electron chi connectivity index (χ1n) is 14.3. The summed E-state index contributed by atoms with van der Waals surface area (Å²) in [5.41, 5.74) is 4.25. The van der Waals surface area contributed by atoms with Gasteiger partial charge in [0.1, 0.15) is 23.9 Å². The van der Waals surface area contributed by atoms with Crippen LogP contribution in [-0.2, 0) is 11.4 Å². The highest BCUT2D eigenvalue weighted by Gasteiger charge is 2.46. The first-order chi connectivity index (χ1) is 19.4. The molecule has 1 fully saturated rings. The Morgan fingerprint density at radius 2 is 1.73 bits per heavy atom. The van der Waals surface area contributed by atoms with Gasteiger partial charge in [-0.25, -0.2) is 0 Å². The second-order valence-corrected chi connectivity index (χ2v) is 12.2. The Balaban J connectivity index is 1.23. The van der Waals surface area contributed by atoms with Crippen molar-refractivity contribution in [2.24, 2.45) is 5.92 Å². The van der Waals surface area contributed by atoms with Gasteiger partial charge in [0, 0.05) is 17.5 Å². The summed E-state index contributed by atoms with van der Waals surface area (Å²) in [5, 5.41) is 30.3. The predicted octanol–water partition coefficient (Wildman–Crippen LogP) is 6.18. The smallest absolute Gasteiger partial charge is 0.304 e. The van der Waals surface area contributed by atoms with Gasteiger partial charge in [0.15, 0.2) is 0 Å². The minimum absolute atomic E-state index is 0.0554. The van der Waals surface area contributed by atoms with E-state index in [9.17, 15) is 15.0 Å². The number of hydrogen-bond acceptors (Lipinski definition) is 6. The number of benzene rings is 3. The average Bonchev–Trinajstić information content (AvgIpc) is 3.29. The molecule has 3 N–H and O–H groups in total. The van der Waals surface area contributed by atoms with E-state index in [0.717, 1.165) is 45.6 Å². The van der Waals surface area contributed by atoms with Gasteiger partial charge in [0.2, 0.25) is 0 Å². The van der Waals surface area contributed by atoms with E-state index in [0.29, 0.717) is 44.2 Å². The fourth-order valence-electron chi connectivity index (χ4n) is 6.17. The molecule has 1 saturated carbocycles. The monoisotopic (exact) mass is 560 g/mol. The Morgan fingerprint density at radius 1 is 0.976 bits per heavy atom. The molecule has 0 saturated heterocycles. The molecule has 1 aliphatic carbocycles. The fraction of sp³-hybridized carbons (Fsp3) is 0.441. The molecule has 2 aliphatic rings. The van der Waals surface area contributed by atoms with Crippen molar-refractivity contribution in [3.05, 3.63) is 76.9 Å². The Hall–Kier alpha value is -3.55. The van der Waals surface area contributed by atoms with Crippen molar-refractivity contribution in [3.8, 4) is 28.4 Å². The molecule has 218 valence electrons. The van der Waals surface area contributed by atoms with Crippen LogP contribution in [0.2, 0.25) is 0 Å².